The van der Waals surface area contributed by atoms with Crippen molar-refractivity contribution in [1.82, 2.24) is 4.90 Å². The molecular weight excluding hydrogens is 304 g/mol. The van der Waals surface area contributed by atoms with Crippen LogP contribution >= 0.6 is 11.9 Å². The van der Waals surface area contributed by atoms with Gasteiger partial charge in [0.05, 0.1) is 16.8 Å². The van der Waals surface area contributed by atoms with E-state index in [0.717, 1.165) is 4.90 Å². The fraction of sp³-hybridized carbons (Fsp3) is 0.400. The largest absolute Gasteiger partial charge is 0.459 e. The lowest BCUT2D eigenvalue weighted by atomic mass is 10.1. The first kappa shape index (κ1) is 16.4. The zero-order valence-corrected chi connectivity index (χ0v) is 13.7. The van der Waals surface area contributed by atoms with Crippen molar-refractivity contribution in [2.24, 2.45) is 0 Å². The lowest BCUT2D eigenvalue weighted by Gasteiger charge is -2.21. The van der Waals surface area contributed by atoms with E-state index < -0.39 is 23.4 Å². The van der Waals surface area contributed by atoms with Gasteiger partial charge in [0.1, 0.15) is 12.1 Å². The van der Waals surface area contributed by atoms with Crippen LogP contribution in [0.25, 0.3) is 0 Å². The molecule has 1 aromatic rings. The van der Waals surface area contributed by atoms with E-state index in [4.69, 9.17) is 4.74 Å². The predicted molar refractivity (Wildman–Crippen MR) is 84.8 cm³/mol. The van der Waals surface area contributed by atoms with Crippen molar-refractivity contribution < 1.29 is 19.1 Å². The van der Waals surface area contributed by atoms with E-state index in [1.807, 2.05) is 6.26 Å². The highest BCUT2D eigenvalue weighted by atomic mass is 32.2. The van der Waals surface area contributed by atoms with Crippen molar-refractivity contribution in [3.8, 4) is 0 Å². The molecule has 0 bridgehead atoms. The van der Waals surface area contributed by atoms with Crippen LogP contribution in [-0.2, 0) is 9.53 Å². The van der Waals surface area contributed by atoms with Crippen molar-refractivity contribution >= 4 is 35.4 Å². The SMILES string of the molecule is CSNc1cccc2c1C(=O)N(CC(=O)OC(C)(C)C)C2=O. The summed E-state index contributed by atoms with van der Waals surface area (Å²) in [7, 11) is 0. The molecule has 22 heavy (non-hydrogen) atoms. The molecule has 0 radical (unpaired) electrons. The first-order chi connectivity index (χ1) is 10.2. The summed E-state index contributed by atoms with van der Waals surface area (Å²) in [5, 5.41) is 0. The Bertz CT molecular complexity index is 637. The van der Waals surface area contributed by atoms with Gasteiger partial charge >= 0.3 is 5.97 Å². The maximum Gasteiger partial charge on any atom is 0.326 e. The lowest BCUT2D eigenvalue weighted by Crippen LogP contribution is -2.38. The molecule has 2 rings (SSSR count). The molecule has 0 saturated heterocycles. The molecule has 6 nitrogen and oxygen atoms in total. The molecule has 1 aromatic carbocycles. The van der Waals surface area contributed by atoms with Gasteiger partial charge < -0.3 is 9.46 Å². The van der Waals surface area contributed by atoms with Gasteiger partial charge in [0, 0.05) is 6.26 Å². The summed E-state index contributed by atoms with van der Waals surface area (Å²) < 4.78 is 8.14. The van der Waals surface area contributed by atoms with Gasteiger partial charge in [0.25, 0.3) is 11.8 Å². The van der Waals surface area contributed by atoms with E-state index in [1.165, 1.54) is 11.9 Å². The molecule has 0 unspecified atom stereocenters. The van der Waals surface area contributed by atoms with E-state index in [9.17, 15) is 14.4 Å². The Morgan fingerprint density at radius 3 is 2.55 bits per heavy atom. The highest BCUT2D eigenvalue weighted by Gasteiger charge is 2.39. The third kappa shape index (κ3) is 3.24. The number of benzene rings is 1. The Labute approximate surface area is 133 Å². The molecule has 1 aliphatic heterocycles. The van der Waals surface area contributed by atoms with Crippen LogP contribution in [0.4, 0.5) is 5.69 Å². The lowest BCUT2D eigenvalue weighted by molar-refractivity contribution is -0.155. The van der Waals surface area contributed by atoms with E-state index >= 15 is 0 Å². The second-order valence-electron chi connectivity index (χ2n) is 5.82. The van der Waals surface area contributed by atoms with E-state index in [0.29, 0.717) is 16.8 Å². The molecule has 2 amide bonds. The highest BCUT2D eigenvalue weighted by Crippen LogP contribution is 2.30. The summed E-state index contributed by atoms with van der Waals surface area (Å²) in [6.45, 7) is 4.80. The molecule has 0 atom stereocenters. The Kier molecular flexibility index (Phi) is 4.46. The average Bonchev–Trinajstić information content (AvgIpc) is 2.63. The van der Waals surface area contributed by atoms with Gasteiger partial charge in [-0.3, -0.25) is 19.3 Å². The van der Waals surface area contributed by atoms with Crippen LogP contribution in [0.5, 0.6) is 0 Å². The van der Waals surface area contributed by atoms with Crippen LogP contribution in [0.1, 0.15) is 41.5 Å². The number of carbonyl (C=O) groups excluding carboxylic acids is 3. The average molecular weight is 322 g/mol. The zero-order chi connectivity index (χ0) is 16.5. The molecule has 0 saturated carbocycles. The van der Waals surface area contributed by atoms with E-state index in [1.54, 1.807) is 39.0 Å². The summed E-state index contributed by atoms with van der Waals surface area (Å²) in [6.07, 6.45) is 1.82. The molecule has 1 aliphatic rings. The third-order valence-electron chi connectivity index (χ3n) is 2.92. The Hall–Kier alpha value is -2.02. The van der Waals surface area contributed by atoms with Gasteiger partial charge in [0.2, 0.25) is 0 Å². The monoisotopic (exact) mass is 322 g/mol. The standard InChI is InChI=1S/C15H18N2O4S/c1-15(2,3)21-11(18)8-17-13(19)9-6-5-7-10(16-22-4)12(9)14(17)20/h5-7,16H,8H2,1-4H3. The van der Waals surface area contributed by atoms with Crippen molar-refractivity contribution in [2.75, 3.05) is 17.5 Å². The van der Waals surface area contributed by atoms with Gasteiger partial charge in [-0.25, -0.2) is 0 Å². The summed E-state index contributed by atoms with van der Waals surface area (Å²) in [6, 6.07) is 4.99. The van der Waals surface area contributed by atoms with Crippen molar-refractivity contribution in [2.45, 2.75) is 26.4 Å². The van der Waals surface area contributed by atoms with Crippen LogP contribution in [0.2, 0.25) is 0 Å². The number of nitrogens with zero attached hydrogens (tertiary/aromatic N) is 1. The minimum atomic E-state index is -0.665. The number of rotatable bonds is 4. The molecule has 1 N–H and O–H groups in total. The molecule has 0 aromatic heterocycles. The summed E-state index contributed by atoms with van der Waals surface area (Å²) in [5.74, 6) is -1.57. The fourth-order valence-corrected chi connectivity index (χ4v) is 2.57. The molecule has 0 spiro atoms. The van der Waals surface area contributed by atoms with Gasteiger partial charge in [-0.1, -0.05) is 18.0 Å². The molecule has 0 aliphatic carbocycles. The molecule has 0 fully saturated rings. The van der Waals surface area contributed by atoms with Gasteiger partial charge in [-0.05, 0) is 32.9 Å². The second-order valence-corrected chi connectivity index (χ2v) is 6.43. The predicted octanol–water partition coefficient (Wildman–Crippen LogP) is 2.31. The van der Waals surface area contributed by atoms with Crippen molar-refractivity contribution in [1.29, 1.82) is 0 Å². The number of amides is 2. The van der Waals surface area contributed by atoms with Gasteiger partial charge in [-0.2, -0.15) is 0 Å². The Morgan fingerprint density at radius 2 is 1.95 bits per heavy atom. The molecular formula is C15H18N2O4S. The number of ether oxygens (including phenoxy) is 1. The number of fused-ring (bicyclic) bond motifs is 1. The number of anilines is 1. The van der Waals surface area contributed by atoms with E-state index in [-0.39, 0.29) is 6.54 Å². The molecule has 118 valence electrons. The number of hydrogen-bond acceptors (Lipinski definition) is 6. The normalized spacial score (nSPS) is 14.1. The van der Waals surface area contributed by atoms with Gasteiger partial charge in [0.15, 0.2) is 0 Å². The smallest absolute Gasteiger partial charge is 0.326 e. The van der Waals surface area contributed by atoms with Crippen LogP contribution in [0.15, 0.2) is 18.2 Å². The minimum Gasteiger partial charge on any atom is -0.459 e. The number of imide groups is 1. The first-order valence-electron chi connectivity index (χ1n) is 6.74. The number of nitrogens with one attached hydrogen (secondary N) is 1. The van der Waals surface area contributed by atoms with E-state index in [2.05, 4.69) is 4.72 Å². The quantitative estimate of drug-likeness (QED) is 0.521. The van der Waals surface area contributed by atoms with Crippen LogP contribution in [0.3, 0.4) is 0 Å². The second kappa shape index (κ2) is 6.00. The number of esters is 1. The van der Waals surface area contributed by atoms with Gasteiger partial charge in [-0.15, -0.1) is 0 Å². The maximum absolute atomic E-state index is 12.5. The number of carbonyl (C=O) groups is 3. The number of hydrogen-bond donors (Lipinski definition) is 1. The topological polar surface area (TPSA) is 75.7 Å². The molecule has 1 heterocycles. The zero-order valence-electron chi connectivity index (χ0n) is 12.9. The maximum atomic E-state index is 12.5. The molecule has 7 heteroatoms. The summed E-state index contributed by atoms with van der Waals surface area (Å²) in [4.78, 5) is 37.6. The highest BCUT2D eigenvalue weighted by molar-refractivity contribution is 7.99. The Balaban J connectivity index is 2.24. The van der Waals surface area contributed by atoms with Crippen molar-refractivity contribution in [3.63, 3.8) is 0 Å². The van der Waals surface area contributed by atoms with Crippen LogP contribution < -0.4 is 4.72 Å². The third-order valence-corrected chi connectivity index (χ3v) is 3.34. The van der Waals surface area contributed by atoms with Crippen LogP contribution in [-0.4, -0.2) is 41.1 Å². The first-order valence-corrected chi connectivity index (χ1v) is 7.97. The minimum absolute atomic E-state index is 0.297. The van der Waals surface area contributed by atoms with Crippen molar-refractivity contribution in [3.05, 3.63) is 29.3 Å². The van der Waals surface area contributed by atoms with Crippen LogP contribution in [0, 0.1) is 0 Å². The summed E-state index contributed by atoms with van der Waals surface area (Å²) in [5.41, 5.74) is 0.495. The Morgan fingerprint density at radius 1 is 1.27 bits per heavy atom. The fourth-order valence-electron chi connectivity index (χ4n) is 2.18. The summed E-state index contributed by atoms with van der Waals surface area (Å²) >= 11 is 1.32.